The molecule has 10 nitrogen and oxygen atoms in total. The molecule has 0 saturated carbocycles. The summed E-state index contributed by atoms with van der Waals surface area (Å²) in [6, 6.07) is 32.2. The minimum atomic E-state index is -7.43. The fraction of sp³-hybridized carbons (Fsp3) is 0.471. The normalized spacial score (nSPS) is 12.6. The molecule has 3 aromatic carbocycles. The van der Waals surface area contributed by atoms with Crippen LogP contribution in [0.3, 0.4) is 0 Å². The van der Waals surface area contributed by atoms with Gasteiger partial charge in [-0.15, -0.1) is 0 Å². The molecule has 0 unspecified atom stereocenters. The average molecular weight is 844 g/mol. The van der Waals surface area contributed by atoms with Crippen molar-refractivity contribution in [3.8, 4) is 0 Å². The Morgan fingerprint density at radius 3 is 1.07 bits per heavy atom. The second-order valence-electron chi connectivity index (χ2n) is 10.6. The van der Waals surface area contributed by atoms with Crippen molar-refractivity contribution >= 4 is 21.0 Å². The van der Waals surface area contributed by atoms with Crippen LogP contribution in [0.5, 0.6) is 0 Å². The summed E-state index contributed by atoms with van der Waals surface area (Å²) in [5.74, 6) is -14.8. The second kappa shape index (κ2) is 24.6. The Labute approximate surface area is 316 Å². The van der Waals surface area contributed by atoms with Gasteiger partial charge in [0.1, 0.15) is 20.4 Å². The van der Waals surface area contributed by atoms with Gasteiger partial charge in [0.05, 0.1) is 30.7 Å². The highest BCUT2D eigenvalue weighted by molar-refractivity contribution is 7.97. The van der Waals surface area contributed by atoms with E-state index < -0.39 is 33.4 Å². The van der Waals surface area contributed by atoms with Gasteiger partial charge in [-0.1, -0.05) is 54.6 Å². The van der Waals surface area contributed by atoms with Crippen molar-refractivity contribution in [2.75, 3.05) is 81.2 Å². The molecule has 0 bridgehead atoms. The minimum absolute atomic E-state index is 0.0146. The van der Waals surface area contributed by atoms with Crippen molar-refractivity contribution in [1.82, 2.24) is 4.90 Å². The van der Waals surface area contributed by atoms with E-state index in [0.717, 1.165) is 19.6 Å². The van der Waals surface area contributed by atoms with Crippen LogP contribution in [0.2, 0.25) is 0 Å². The summed E-state index contributed by atoms with van der Waals surface area (Å²) in [6.45, 7) is 5.19. The quantitative estimate of drug-likeness (QED) is 0.0370. The van der Waals surface area contributed by atoms with E-state index in [0.29, 0.717) is 40.2 Å². The number of hydrogen-bond acceptors (Lipinski definition) is 10. The predicted molar refractivity (Wildman–Crippen MR) is 182 cm³/mol. The van der Waals surface area contributed by atoms with Gasteiger partial charge in [0.15, 0.2) is 24.8 Å². The van der Waals surface area contributed by atoms with E-state index in [1.54, 1.807) is 21.3 Å². The molecular formula is C34H42F9NO9S2. The molecule has 0 fully saturated rings. The summed E-state index contributed by atoms with van der Waals surface area (Å²) in [6.07, 6.45) is -7.16. The summed E-state index contributed by atoms with van der Waals surface area (Å²) in [4.78, 5) is 6.28. The number of rotatable bonds is 21. The molecule has 0 amide bonds. The van der Waals surface area contributed by atoms with Crippen molar-refractivity contribution in [2.24, 2.45) is 0 Å². The lowest BCUT2D eigenvalue weighted by Gasteiger charge is -2.34. The monoisotopic (exact) mass is 843 g/mol. The maximum absolute atomic E-state index is 12.2. The predicted octanol–water partition coefficient (Wildman–Crippen LogP) is 6.89. The van der Waals surface area contributed by atoms with Gasteiger partial charge in [0.25, 0.3) is 0 Å². The summed E-state index contributed by atoms with van der Waals surface area (Å²) in [5.41, 5.74) is 0. The molecule has 0 radical (unpaired) electrons. The van der Waals surface area contributed by atoms with E-state index in [9.17, 15) is 52.5 Å². The Hall–Kier alpha value is -2.99. The molecule has 3 rings (SSSR count). The van der Waals surface area contributed by atoms with Crippen molar-refractivity contribution < 1.29 is 80.9 Å². The molecular weight excluding hydrogens is 801 g/mol. The SMILES string of the molecule is COCOCCN(CCOCOC)CCOCOC.O=S(=O)([O-])C(F)(F)C(F)(F)C(F)(F)C(F)(F)F.c1ccc([S+](c2ccccc2)c2ccccc2)cc1. The summed E-state index contributed by atoms with van der Waals surface area (Å²) < 4.78 is 166. The van der Waals surface area contributed by atoms with Crippen LogP contribution < -0.4 is 0 Å². The topological polar surface area (TPSA) is 116 Å². The standard InChI is InChI=1S/C18H15S.C12H27NO6.C4HF9O3S/c1-4-10-16(11-5-1)19(17-12-6-2-7-13-17)18-14-8-3-9-15-18;1-14-10-17-7-4-13(5-8-18-11-15-2)6-9-19-12-16-3;5-1(6,3(9,10)11)2(7,8)4(12,13)17(14,15)16/h1-15H;4-12H2,1-3H3;(H,14,15,16)/q+1;;/p-1. The molecule has 55 heavy (non-hydrogen) atoms. The van der Waals surface area contributed by atoms with Crippen LogP contribution in [0.1, 0.15) is 0 Å². The third-order valence-electron chi connectivity index (χ3n) is 6.63. The molecule has 0 atom stereocenters. The molecule has 0 aliphatic carbocycles. The lowest BCUT2D eigenvalue weighted by atomic mass is 10.1. The molecule has 21 heteroatoms. The Kier molecular flexibility index (Phi) is 22.4. The van der Waals surface area contributed by atoms with Gasteiger partial charge in [-0.05, 0) is 36.4 Å². The molecule has 0 aromatic heterocycles. The third-order valence-corrected chi connectivity index (χ3v) is 9.74. The summed E-state index contributed by atoms with van der Waals surface area (Å²) >= 11 is 0. The molecule has 0 N–H and O–H groups in total. The summed E-state index contributed by atoms with van der Waals surface area (Å²) in [7, 11) is -2.61. The van der Waals surface area contributed by atoms with Gasteiger partial charge < -0.3 is 33.0 Å². The zero-order valence-corrected chi connectivity index (χ0v) is 31.5. The summed E-state index contributed by atoms with van der Waals surface area (Å²) in [5, 5.41) is -7.11. The van der Waals surface area contributed by atoms with Crippen molar-refractivity contribution in [3.05, 3.63) is 91.0 Å². The third kappa shape index (κ3) is 16.2. The smallest absolute Gasteiger partial charge is 0.460 e. The lowest BCUT2D eigenvalue weighted by molar-refractivity contribution is -0.382. The van der Waals surface area contributed by atoms with Gasteiger partial charge >= 0.3 is 23.3 Å². The van der Waals surface area contributed by atoms with Crippen molar-refractivity contribution in [1.29, 1.82) is 0 Å². The molecule has 0 saturated heterocycles. The number of alkyl halides is 9. The molecule has 0 aliphatic heterocycles. The first-order valence-electron chi connectivity index (χ1n) is 15.8. The van der Waals surface area contributed by atoms with Gasteiger partial charge in [0, 0.05) is 41.0 Å². The van der Waals surface area contributed by atoms with E-state index in [1.165, 1.54) is 14.7 Å². The lowest BCUT2D eigenvalue weighted by Crippen LogP contribution is -2.63. The van der Waals surface area contributed by atoms with Gasteiger partial charge in [0.2, 0.25) is 0 Å². The highest BCUT2D eigenvalue weighted by Crippen LogP contribution is 2.54. The Morgan fingerprint density at radius 2 is 0.836 bits per heavy atom. The van der Waals surface area contributed by atoms with E-state index >= 15 is 0 Å². The van der Waals surface area contributed by atoms with E-state index in [4.69, 9.17) is 28.4 Å². The number of benzene rings is 3. The van der Waals surface area contributed by atoms with Crippen molar-refractivity contribution in [3.63, 3.8) is 0 Å². The van der Waals surface area contributed by atoms with Gasteiger partial charge in [-0.2, -0.15) is 39.5 Å². The first kappa shape index (κ1) is 50.0. The number of ether oxygens (including phenoxy) is 6. The molecule has 3 aromatic rings. The van der Waals surface area contributed by atoms with E-state index in [1.807, 2.05) is 0 Å². The zero-order chi connectivity index (χ0) is 41.6. The first-order chi connectivity index (χ1) is 25.8. The zero-order valence-electron chi connectivity index (χ0n) is 29.9. The maximum Gasteiger partial charge on any atom is 0.460 e. The number of methoxy groups -OCH3 is 3. The van der Waals surface area contributed by atoms with Crippen LogP contribution in [0, 0.1) is 0 Å². The number of halogens is 9. The van der Waals surface area contributed by atoms with Crippen LogP contribution in [0.4, 0.5) is 39.5 Å². The Balaban J connectivity index is 0.000000414. The highest BCUT2D eigenvalue weighted by Gasteiger charge is 2.83. The van der Waals surface area contributed by atoms with Crippen LogP contribution >= 0.6 is 0 Å². The molecule has 312 valence electrons. The minimum Gasteiger partial charge on any atom is -0.743 e. The number of nitrogens with zero attached hydrogens (tertiary/aromatic N) is 1. The Morgan fingerprint density at radius 1 is 0.545 bits per heavy atom. The van der Waals surface area contributed by atoms with Crippen LogP contribution in [-0.2, 0) is 49.4 Å². The molecule has 0 spiro atoms. The number of hydrogen-bond donors (Lipinski definition) is 0. The van der Waals surface area contributed by atoms with Crippen LogP contribution in [-0.4, -0.2) is 122 Å². The van der Waals surface area contributed by atoms with Gasteiger partial charge in [-0.3, -0.25) is 4.90 Å². The Bertz CT molecular complexity index is 1430. The highest BCUT2D eigenvalue weighted by atomic mass is 32.2. The maximum atomic E-state index is 12.2. The molecule has 0 heterocycles. The fourth-order valence-corrected chi connectivity index (χ4v) is 6.49. The van der Waals surface area contributed by atoms with Crippen LogP contribution in [0.25, 0.3) is 0 Å². The largest absolute Gasteiger partial charge is 0.743 e. The molecule has 0 aliphatic rings. The first-order valence-corrected chi connectivity index (χ1v) is 18.4. The van der Waals surface area contributed by atoms with Crippen molar-refractivity contribution in [2.45, 2.75) is 38.0 Å². The van der Waals surface area contributed by atoms with Crippen LogP contribution in [0.15, 0.2) is 106 Å². The second-order valence-corrected chi connectivity index (χ2v) is 14.1. The van der Waals surface area contributed by atoms with Gasteiger partial charge in [-0.25, -0.2) is 8.42 Å². The fourth-order valence-electron chi connectivity index (χ4n) is 3.94. The van der Waals surface area contributed by atoms with E-state index in [2.05, 4.69) is 95.9 Å². The van der Waals surface area contributed by atoms with E-state index in [-0.39, 0.29) is 10.9 Å². The average Bonchev–Trinajstić information content (AvgIpc) is 3.14.